The van der Waals surface area contributed by atoms with Gasteiger partial charge in [-0.25, -0.2) is 4.98 Å². The highest BCUT2D eigenvalue weighted by molar-refractivity contribution is 7.13. The van der Waals surface area contributed by atoms with Gasteiger partial charge >= 0.3 is 0 Å². The quantitative estimate of drug-likeness (QED) is 0.895. The molecule has 1 aromatic heterocycles. The number of carbonyl (C=O) groups is 1. The van der Waals surface area contributed by atoms with Gasteiger partial charge in [0.05, 0.1) is 0 Å². The van der Waals surface area contributed by atoms with Gasteiger partial charge in [-0.15, -0.1) is 11.3 Å². The Morgan fingerprint density at radius 1 is 1.35 bits per heavy atom. The summed E-state index contributed by atoms with van der Waals surface area (Å²) in [6, 6.07) is 5.86. The summed E-state index contributed by atoms with van der Waals surface area (Å²) in [5.41, 5.74) is 7.35. The number of hydrogen-bond acceptors (Lipinski definition) is 6. The Morgan fingerprint density at radius 2 is 2.15 bits per heavy atom. The number of thiazole rings is 1. The van der Waals surface area contributed by atoms with Crippen molar-refractivity contribution in [1.29, 1.82) is 0 Å². The molecular formula is C19H23N3O3S. The van der Waals surface area contributed by atoms with Gasteiger partial charge in [-0.3, -0.25) is 4.79 Å². The summed E-state index contributed by atoms with van der Waals surface area (Å²) in [4.78, 5) is 19.4. The first-order valence-corrected chi connectivity index (χ1v) is 9.92. The number of carbonyl (C=O) groups excluding carboxylic acids is 1. The van der Waals surface area contributed by atoms with Crippen LogP contribution in [0.4, 0.5) is 0 Å². The molecule has 0 radical (unpaired) electrons. The number of fused-ring (bicyclic) bond motifs is 1. The van der Waals surface area contributed by atoms with Crippen molar-refractivity contribution in [3.63, 3.8) is 0 Å². The summed E-state index contributed by atoms with van der Waals surface area (Å²) in [6.07, 6.45) is 2.13. The van der Waals surface area contributed by atoms with E-state index in [1.165, 1.54) is 11.3 Å². The molecule has 2 aliphatic heterocycles. The molecule has 0 spiro atoms. The van der Waals surface area contributed by atoms with Crippen LogP contribution < -0.4 is 15.2 Å². The Labute approximate surface area is 156 Å². The van der Waals surface area contributed by atoms with E-state index in [-0.39, 0.29) is 11.9 Å². The number of rotatable bonds is 3. The number of likely N-dealkylation sites (tertiary alicyclic amines) is 1. The monoisotopic (exact) mass is 373 g/mol. The summed E-state index contributed by atoms with van der Waals surface area (Å²) in [5, 5.41) is 2.64. The zero-order valence-corrected chi connectivity index (χ0v) is 15.6. The van der Waals surface area contributed by atoms with Crippen LogP contribution in [-0.2, 0) is 0 Å². The molecule has 2 atom stereocenters. The summed E-state index contributed by atoms with van der Waals surface area (Å²) in [6.45, 7) is 4.52. The van der Waals surface area contributed by atoms with Crippen LogP contribution >= 0.6 is 11.3 Å². The maximum absolute atomic E-state index is 13.0. The van der Waals surface area contributed by atoms with Gasteiger partial charge < -0.3 is 20.1 Å². The van der Waals surface area contributed by atoms with Gasteiger partial charge in [0.2, 0.25) is 0 Å². The number of hydrogen-bond donors (Lipinski definition) is 1. The van der Waals surface area contributed by atoms with Crippen molar-refractivity contribution < 1.29 is 14.3 Å². The summed E-state index contributed by atoms with van der Waals surface area (Å²) >= 11 is 1.47. The molecule has 138 valence electrons. The molecular weight excluding hydrogens is 350 g/mol. The standard InChI is InChI=1S/C19H23N3O3S/c1-12-3-2-6-22(15(12)10-20)19(23)14-11-26-18(21-14)13-4-5-16-17(9-13)25-8-7-24-16/h4-5,9,11-12,15H,2-3,6-8,10,20H2,1H3/t12-,15+/m0/s1. The van der Waals surface area contributed by atoms with Crippen LogP contribution in [-0.4, -0.2) is 48.1 Å². The van der Waals surface area contributed by atoms with Crippen LogP contribution in [0.5, 0.6) is 11.5 Å². The molecule has 1 aromatic carbocycles. The maximum atomic E-state index is 13.0. The molecule has 0 bridgehead atoms. The van der Waals surface area contributed by atoms with Gasteiger partial charge in [0.1, 0.15) is 23.9 Å². The highest BCUT2D eigenvalue weighted by Crippen LogP contribution is 2.35. The Morgan fingerprint density at radius 3 is 2.96 bits per heavy atom. The molecule has 1 saturated heterocycles. The fourth-order valence-electron chi connectivity index (χ4n) is 3.69. The van der Waals surface area contributed by atoms with Crippen LogP contribution in [0.15, 0.2) is 23.6 Å². The van der Waals surface area contributed by atoms with Crippen molar-refractivity contribution in [2.75, 3.05) is 26.3 Å². The van der Waals surface area contributed by atoms with Crippen LogP contribution in [0.25, 0.3) is 10.6 Å². The van der Waals surface area contributed by atoms with Crippen molar-refractivity contribution >= 4 is 17.2 Å². The highest BCUT2D eigenvalue weighted by atomic mass is 32.1. The molecule has 0 saturated carbocycles. The predicted octanol–water partition coefficient (Wildman–Crippen LogP) is 2.78. The molecule has 2 N–H and O–H groups in total. The van der Waals surface area contributed by atoms with Gasteiger partial charge in [0.15, 0.2) is 11.5 Å². The number of benzene rings is 1. The first kappa shape index (κ1) is 17.3. The lowest BCUT2D eigenvalue weighted by Gasteiger charge is -2.39. The lowest BCUT2D eigenvalue weighted by Crippen LogP contribution is -2.51. The fraction of sp³-hybridized carbons (Fsp3) is 0.474. The molecule has 7 heteroatoms. The predicted molar refractivity (Wildman–Crippen MR) is 101 cm³/mol. The van der Waals surface area contributed by atoms with Gasteiger partial charge in [-0.05, 0) is 37.0 Å². The van der Waals surface area contributed by atoms with Gasteiger partial charge in [0.25, 0.3) is 5.91 Å². The average Bonchev–Trinajstić information content (AvgIpc) is 3.17. The molecule has 6 nitrogen and oxygen atoms in total. The molecule has 1 fully saturated rings. The lowest BCUT2D eigenvalue weighted by atomic mass is 9.90. The van der Waals surface area contributed by atoms with E-state index < -0.39 is 0 Å². The van der Waals surface area contributed by atoms with Crippen LogP contribution in [0, 0.1) is 5.92 Å². The van der Waals surface area contributed by atoms with E-state index in [0.29, 0.717) is 31.4 Å². The molecule has 2 aromatic rings. The number of nitrogens with zero attached hydrogens (tertiary/aromatic N) is 2. The van der Waals surface area contributed by atoms with E-state index in [2.05, 4.69) is 11.9 Å². The third-order valence-electron chi connectivity index (χ3n) is 5.13. The topological polar surface area (TPSA) is 77.7 Å². The second-order valence-corrected chi connectivity index (χ2v) is 7.68. The lowest BCUT2D eigenvalue weighted by molar-refractivity contribution is 0.0527. The maximum Gasteiger partial charge on any atom is 0.273 e. The molecule has 3 heterocycles. The Kier molecular flexibility index (Phi) is 4.82. The fourth-order valence-corrected chi connectivity index (χ4v) is 4.48. The van der Waals surface area contributed by atoms with Crippen molar-refractivity contribution in [2.45, 2.75) is 25.8 Å². The summed E-state index contributed by atoms with van der Waals surface area (Å²) in [7, 11) is 0. The second kappa shape index (κ2) is 7.25. The van der Waals surface area contributed by atoms with Crippen LogP contribution in [0.1, 0.15) is 30.3 Å². The molecule has 4 rings (SSSR count). The largest absolute Gasteiger partial charge is 0.486 e. The third kappa shape index (κ3) is 3.17. The van der Waals surface area contributed by atoms with E-state index in [1.54, 1.807) is 0 Å². The Hall–Kier alpha value is -2.12. The summed E-state index contributed by atoms with van der Waals surface area (Å²) in [5.74, 6) is 1.88. The van der Waals surface area contributed by atoms with E-state index >= 15 is 0 Å². The molecule has 26 heavy (non-hydrogen) atoms. The van der Waals surface area contributed by atoms with E-state index in [0.717, 1.165) is 41.5 Å². The smallest absolute Gasteiger partial charge is 0.273 e. The molecule has 0 unspecified atom stereocenters. The minimum absolute atomic E-state index is 0.0213. The normalized spacial score (nSPS) is 22.3. The van der Waals surface area contributed by atoms with Crippen molar-refractivity contribution in [3.05, 3.63) is 29.3 Å². The zero-order chi connectivity index (χ0) is 18.1. The molecule has 0 aliphatic carbocycles. The highest BCUT2D eigenvalue weighted by Gasteiger charge is 2.32. The zero-order valence-electron chi connectivity index (χ0n) is 14.8. The van der Waals surface area contributed by atoms with Crippen molar-refractivity contribution in [3.8, 4) is 22.1 Å². The summed E-state index contributed by atoms with van der Waals surface area (Å²) < 4.78 is 11.2. The van der Waals surface area contributed by atoms with Gasteiger partial charge in [0, 0.05) is 30.1 Å². The molecule has 1 amide bonds. The van der Waals surface area contributed by atoms with E-state index in [9.17, 15) is 4.79 Å². The first-order chi connectivity index (χ1) is 12.7. The van der Waals surface area contributed by atoms with E-state index in [1.807, 2.05) is 28.5 Å². The SMILES string of the molecule is C[C@H]1CCCN(C(=O)c2csc(-c3ccc4c(c3)OCCO4)n2)[C@@H]1CN. The number of amides is 1. The van der Waals surface area contributed by atoms with Crippen molar-refractivity contribution in [1.82, 2.24) is 9.88 Å². The number of nitrogens with two attached hydrogens (primary N) is 1. The number of aromatic nitrogens is 1. The average molecular weight is 373 g/mol. The van der Waals surface area contributed by atoms with E-state index in [4.69, 9.17) is 15.2 Å². The van der Waals surface area contributed by atoms with Crippen LogP contribution in [0.2, 0.25) is 0 Å². The van der Waals surface area contributed by atoms with Crippen molar-refractivity contribution in [2.24, 2.45) is 11.7 Å². The minimum atomic E-state index is -0.0213. The first-order valence-electron chi connectivity index (χ1n) is 9.04. The number of ether oxygens (including phenoxy) is 2. The van der Waals surface area contributed by atoms with Crippen LogP contribution in [0.3, 0.4) is 0 Å². The second-order valence-electron chi connectivity index (χ2n) is 6.82. The Balaban J connectivity index is 1.57. The third-order valence-corrected chi connectivity index (χ3v) is 6.02. The minimum Gasteiger partial charge on any atom is -0.486 e. The van der Waals surface area contributed by atoms with Gasteiger partial charge in [-0.1, -0.05) is 6.92 Å². The molecule has 2 aliphatic rings. The van der Waals surface area contributed by atoms with Gasteiger partial charge in [-0.2, -0.15) is 0 Å². The Bertz CT molecular complexity index is 807. The number of piperidine rings is 1.